The molecule has 43 heavy (non-hydrogen) atoms. The predicted octanol–water partition coefficient (Wildman–Crippen LogP) is 3.43. The fraction of sp³-hybridized carbons (Fsp3) is 0.618. The van der Waals surface area contributed by atoms with Crippen LogP contribution in [0.15, 0.2) is 48.6 Å². The van der Waals surface area contributed by atoms with Crippen LogP contribution >= 0.6 is 0 Å². The molecule has 2 aliphatic carbocycles. The van der Waals surface area contributed by atoms with E-state index in [2.05, 4.69) is 10.2 Å². The van der Waals surface area contributed by atoms with E-state index in [1.54, 1.807) is 12.2 Å². The van der Waals surface area contributed by atoms with Crippen molar-refractivity contribution in [1.82, 2.24) is 20.0 Å². The highest BCUT2D eigenvalue weighted by molar-refractivity contribution is 6.06. The van der Waals surface area contributed by atoms with Crippen molar-refractivity contribution in [3.63, 3.8) is 0 Å². The maximum atomic E-state index is 12.0. The summed E-state index contributed by atoms with van der Waals surface area (Å²) < 4.78 is 0. The lowest BCUT2D eigenvalue weighted by atomic mass is 9.96. The molecule has 0 bridgehead atoms. The highest BCUT2D eigenvalue weighted by Gasteiger charge is 2.27. The van der Waals surface area contributed by atoms with Crippen molar-refractivity contribution in [3.8, 4) is 0 Å². The number of hydrogen-bond donors (Lipinski definition) is 1. The number of nitrogens with zero attached hydrogens (tertiary/aromatic N) is 3. The van der Waals surface area contributed by atoms with Gasteiger partial charge in [0.1, 0.15) is 6.29 Å². The molecule has 0 unspecified atom stereocenters. The van der Waals surface area contributed by atoms with Crippen molar-refractivity contribution in [3.05, 3.63) is 48.6 Å². The minimum Gasteiger partial charge on any atom is -0.317 e. The van der Waals surface area contributed by atoms with E-state index in [0.29, 0.717) is 30.8 Å². The summed E-state index contributed by atoms with van der Waals surface area (Å²) in [6.45, 7) is 6.59. The van der Waals surface area contributed by atoms with Crippen LogP contribution in [0.25, 0.3) is 0 Å². The van der Waals surface area contributed by atoms with Crippen molar-refractivity contribution in [2.75, 3.05) is 45.8 Å². The van der Waals surface area contributed by atoms with Crippen molar-refractivity contribution in [2.45, 2.75) is 64.2 Å². The van der Waals surface area contributed by atoms with Gasteiger partial charge in [-0.15, -0.1) is 0 Å². The van der Waals surface area contributed by atoms with Gasteiger partial charge < -0.3 is 15.0 Å². The summed E-state index contributed by atoms with van der Waals surface area (Å²) in [5.41, 5.74) is 0. The van der Waals surface area contributed by atoms with E-state index in [1.165, 1.54) is 41.3 Å². The van der Waals surface area contributed by atoms with Gasteiger partial charge in [-0.05, 0) is 132 Å². The first kappa shape index (κ1) is 32.7. The van der Waals surface area contributed by atoms with E-state index in [4.69, 9.17) is 0 Å². The molecule has 9 heteroatoms. The zero-order chi connectivity index (χ0) is 30.4. The first-order chi connectivity index (χ1) is 20.9. The molecule has 0 aromatic carbocycles. The molecule has 2 saturated carbocycles. The Kier molecular flexibility index (Phi) is 13.1. The standard InChI is InChI=1S/C17H24N2O2.C13H18N2O2.C4H6O/c20-16-3-1-2-10-19(16)17(21)7-6-14-8-11-18(12-9-14)13-15-4-5-15;16-12-3-1-2-10-15(12)13(17)5-4-11-6-8-14-9-7-11;5-3-4-1-2-4/h1,3,6-7,14-15H,2,4-5,8-13H2;1,3-5,11,14H,2,6-10H2;3-4H,1-2H2/b7-6+;5-4+;. The monoisotopic (exact) mass is 592 g/mol. The number of aldehydes is 1. The summed E-state index contributed by atoms with van der Waals surface area (Å²) in [4.78, 5) is 61.7. The third-order valence-electron chi connectivity index (χ3n) is 8.69. The van der Waals surface area contributed by atoms with Gasteiger partial charge in [0.2, 0.25) is 0 Å². The summed E-state index contributed by atoms with van der Waals surface area (Å²) in [5, 5.41) is 3.28. The molecule has 0 spiro atoms. The van der Waals surface area contributed by atoms with Gasteiger partial charge >= 0.3 is 0 Å². The second-order valence-electron chi connectivity index (χ2n) is 12.4. The number of amides is 4. The molecule has 234 valence electrons. The number of allylic oxidation sites excluding steroid dienone is 2. The molecule has 6 aliphatic rings. The molecule has 0 aromatic heterocycles. The van der Waals surface area contributed by atoms with Gasteiger partial charge in [-0.2, -0.15) is 0 Å². The lowest BCUT2D eigenvalue weighted by Gasteiger charge is -2.30. The zero-order valence-corrected chi connectivity index (χ0v) is 25.4. The topological polar surface area (TPSA) is 107 Å². The van der Waals surface area contributed by atoms with Crippen LogP contribution in [0.1, 0.15) is 64.2 Å². The van der Waals surface area contributed by atoms with Crippen LogP contribution in [0.3, 0.4) is 0 Å². The quantitative estimate of drug-likeness (QED) is 0.357. The fourth-order valence-electron chi connectivity index (χ4n) is 5.49. The Balaban J connectivity index is 0.000000172. The van der Waals surface area contributed by atoms with E-state index in [1.807, 2.05) is 24.3 Å². The lowest BCUT2D eigenvalue weighted by Crippen LogP contribution is -2.37. The van der Waals surface area contributed by atoms with Gasteiger partial charge in [0.15, 0.2) is 0 Å². The van der Waals surface area contributed by atoms with E-state index < -0.39 is 0 Å². The first-order valence-corrected chi connectivity index (χ1v) is 16.2. The Morgan fingerprint density at radius 1 is 0.698 bits per heavy atom. The second kappa shape index (κ2) is 17.2. The summed E-state index contributed by atoms with van der Waals surface area (Å²) in [5.74, 6) is 1.64. The lowest BCUT2D eigenvalue weighted by molar-refractivity contribution is -0.140. The van der Waals surface area contributed by atoms with Gasteiger partial charge in [0, 0.05) is 25.6 Å². The molecular formula is C34H48N4O5. The Hall–Kier alpha value is -3.17. The van der Waals surface area contributed by atoms with Crippen molar-refractivity contribution >= 4 is 29.9 Å². The smallest absolute Gasteiger partial charge is 0.253 e. The molecule has 4 fully saturated rings. The maximum Gasteiger partial charge on any atom is 0.253 e. The van der Waals surface area contributed by atoms with E-state index in [-0.39, 0.29) is 23.6 Å². The van der Waals surface area contributed by atoms with E-state index >= 15 is 0 Å². The molecule has 9 nitrogen and oxygen atoms in total. The summed E-state index contributed by atoms with van der Waals surface area (Å²) in [7, 11) is 0. The Labute approximate surface area is 256 Å². The third kappa shape index (κ3) is 11.8. The van der Waals surface area contributed by atoms with Crippen LogP contribution < -0.4 is 5.32 Å². The third-order valence-corrected chi connectivity index (χ3v) is 8.69. The predicted molar refractivity (Wildman–Crippen MR) is 166 cm³/mol. The molecular weight excluding hydrogens is 544 g/mol. The normalized spacial score (nSPS) is 23.6. The van der Waals surface area contributed by atoms with Gasteiger partial charge in [-0.25, -0.2) is 0 Å². The summed E-state index contributed by atoms with van der Waals surface area (Å²) in [6, 6.07) is 0. The minimum atomic E-state index is -0.198. The molecule has 4 amide bonds. The van der Waals surface area contributed by atoms with Crippen LogP contribution in [-0.4, -0.2) is 90.4 Å². The number of rotatable bonds is 7. The van der Waals surface area contributed by atoms with Crippen LogP contribution in [0.4, 0.5) is 0 Å². The Morgan fingerprint density at radius 2 is 1.21 bits per heavy atom. The number of hydrogen-bond acceptors (Lipinski definition) is 7. The number of carbonyl (C=O) groups excluding carboxylic acids is 5. The Bertz CT molecular complexity index is 1090. The highest BCUT2D eigenvalue weighted by atomic mass is 16.2. The van der Waals surface area contributed by atoms with E-state index in [0.717, 1.165) is 89.7 Å². The molecule has 0 aromatic rings. The summed E-state index contributed by atoms with van der Waals surface area (Å²) >= 11 is 0. The second-order valence-corrected chi connectivity index (χ2v) is 12.4. The largest absolute Gasteiger partial charge is 0.317 e. The fourth-order valence-corrected chi connectivity index (χ4v) is 5.49. The zero-order valence-electron chi connectivity index (χ0n) is 25.4. The van der Waals surface area contributed by atoms with Gasteiger partial charge in [0.05, 0.1) is 0 Å². The number of likely N-dealkylation sites (tertiary alicyclic amines) is 1. The number of carbonyl (C=O) groups is 5. The van der Waals surface area contributed by atoms with Gasteiger partial charge in [0.25, 0.3) is 23.6 Å². The molecule has 0 radical (unpaired) electrons. The first-order valence-electron chi connectivity index (χ1n) is 16.2. The van der Waals surface area contributed by atoms with Gasteiger partial charge in [-0.1, -0.05) is 24.3 Å². The molecule has 0 atom stereocenters. The van der Waals surface area contributed by atoms with Crippen LogP contribution in [-0.2, 0) is 24.0 Å². The maximum absolute atomic E-state index is 12.0. The van der Waals surface area contributed by atoms with Crippen LogP contribution in [0, 0.1) is 23.7 Å². The number of imide groups is 2. The van der Waals surface area contributed by atoms with Crippen molar-refractivity contribution < 1.29 is 24.0 Å². The van der Waals surface area contributed by atoms with Crippen LogP contribution in [0.2, 0.25) is 0 Å². The van der Waals surface area contributed by atoms with E-state index in [9.17, 15) is 24.0 Å². The number of nitrogens with one attached hydrogen (secondary N) is 1. The van der Waals surface area contributed by atoms with Gasteiger partial charge in [-0.3, -0.25) is 29.0 Å². The molecule has 6 rings (SSSR count). The molecule has 1 N–H and O–H groups in total. The Morgan fingerprint density at radius 3 is 1.63 bits per heavy atom. The van der Waals surface area contributed by atoms with Crippen molar-refractivity contribution in [1.29, 1.82) is 0 Å². The average molecular weight is 593 g/mol. The molecule has 4 heterocycles. The van der Waals surface area contributed by atoms with Crippen molar-refractivity contribution in [2.24, 2.45) is 23.7 Å². The number of piperidine rings is 2. The molecule has 4 aliphatic heterocycles. The average Bonchev–Trinajstić information content (AvgIpc) is 3.97. The highest BCUT2D eigenvalue weighted by Crippen LogP contribution is 2.31. The minimum absolute atomic E-state index is 0.162. The molecule has 2 saturated heterocycles. The summed E-state index contributed by atoms with van der Waals surface area (Å²) in [6.07, 6.45) is 25.8. The van der Waals surface area contributed by atoms with Crippen LogP contribution in [0.5, 0.6) is 0 Å². The SMILES string of the molecule is O=C1C=CCCN1C(=O)/C=C/C1CCN(CC2CC2)CC1.O=C1C=CCCN1C(=O)/C=C/C1CCNCC1.O=CC1CC1.